The Morgan fingerprint density at radius 2 is 2.27 bits per heavy atom. The molecule has 0 atom stereocenters. The van der Waals surface area contributed by atoms with Gasteiger partial charge in [-0.15, -0.1) is 0 Å². The molecule has 0 aromatic carbocycles. The van der Waals surface area contributed by atoms with Crippen molar-refractivity contribution in [1.82, 2.24) is 10.2 Å². The molecule has 54 valence electrons. The second-order valence-corrected chi connectivity index (χ2v) is 2.18. The highest BCUT2D eigenvalue weighted by atomic mass is 16.5. The van der Waals surface area contributed by atoms with Crippen LogP contribution >= 0.6 is 0 Å². The molecule has 0 bridgehead atoms. The van der Waals surface area contributed by atoms with Gasteiger partial charge in [0.1, 0.15) is 5.52 Å². The Kier molecular flexibility index (Phi) is 1.18. The van der Waals surface area contributed by atoms with Crippen molar-refractivity contribution in [2.24, 2.45) is 0 Å². The van der Waals surface area contributed by atoms with Gasteiger partial charge in [0.2, 0.25) is 0 Å². The van der Waals surface area contributed by atoms with Crippen LogP contribution in [0.1, 0.15) is 0 Å². The Morgan fingerprint density at radius 1 is 1.36 bits per heavy atom. The minimum Gasteiger partial charge on any atom is -0.619 e. The van der Waals surface area contributed by atoms with Gasteiger partial charge in [-0.1, -0.05) is 0 Å². The number of aromatic nitrogens is 3. The van der Waals surface area contributed by atoms with Gasteiger partial charge >= 0.3 is 0 Å². The van der Waals surface area contributed by atoms with Crippen molar-refractivity contribution in [3.63, 3.8) is 0 Å². The molecule has 0 N–H and O–H groups in total. The summed E-state index contributed by atoms with van der Waals surface area (Å²) in [4.78, 5) is 0. The number of pyridine rings is 1. The minimum atomic E-state index is 0.736. The summed E-state index contributed by atoms with van der Waals surface area (Å²) in [6.07, 6.45) is 4.42. The molecule has 2 aromatic heterocycles. The van der Waals surface area contributed by atoms with Crippen LogP contribution in [0.2, 0.25) is 0 Å². The second kappa shape index (κ2) is 2.16. The van der Waals surface area contributed by atoms with Crippen LogP contribution in [0.3, 0.4) is 0 Å². The molecule has 2 heterocycles. The summed E-state index contributed by atoms with van der Waals surface area (Å²) in [5.41, 5.74) is 0.736. The fourth-order valence-electron chi connectivity index (χ4n) is 0.915. The summed E-state index contributed by atoms with van der Waals surface area (Å²) < 4.78 is 0.740. The van der Waals surface area contributed by atoms with Crippen LogP contribution in [0.25, 0.3) is 10.9 Å². The van der Waals surface area contributed by atoms with Crippen LogP contribution in [-0.4, -0.2) is 10.2 Å². The zero-order valence-electron chi connectivity index (χ0n) is 5.64. The summed E-state index contributed by atoms with van der Waals surface area (Å²) in [5, 5.41) is 19.1. The summed E-state index contributed by atoms with van der Waals surface area (Å²) in [6, 6.07) is 3.38. The third-order valence-corrected chi connectivity index (χ3v) is 1.43. The lowest BCUT2D eigenvalue weighted by molar-refractivity contribution is -0.603. The third-order valence-electron chi connectivity index (χ3n) is 1.43. The van der Waals surface area contributed by atoms with E-state index in [2.05, 4.69) is 10.2 Å². The standard InChI is InChI=1S/C7H5N3O/c11-10-4-2-7-6(5-10)1-3-8-9-7/h1-5H. The summed E-state index contributed by atoms with van der Waals surface area (Å²) in [5.74, 6) is 0. The van der Waals surface area contributed by atoms with Crippen molar-refractivity contribution in [3.8, 4) is 0 Å². The Labute approximate surface area is 62.7 Å². The van der Waals surface area contributed by atoms with Gasteiger partial charge in [-0.3, -0.25) is 0 Å². The smallest absolute Gasteiger partial charge is 0.189 e. The first kappa shape index (κ1) is 6.03. The zero-order valence-corrected chi connectivity index (χ0v) is 5.64. The van der Waals surface area contributed by atoms with Crippen LogP contribution in [0.4, 0.5) is 0 Å². The van der Waals surface area contributed by atoms with E-state index in [0.29, 0.717) is 0 Å². The molecule has 2 aromatic rings. The van der Waals surface area contributed by atoms with Crippen LogP contribution in [0, 0.1) is 5.21 Å². The lowest BCUT2D eigenvalue weighted by atomic mass is 10.3. The van der Waals surface area contributed by atoms with Crippen LogP contribution in [0.5, 0.6) is 0 Å². The van der Waals surface area contributed by atoms with Crippen LogP contribution in [0.15, 0.2) is 30.7 Å². The van der Waals surface area contributed by atoms with Crippen molar-refractivity contribution >= 4 is 10.9 Å². The van der Waals surface area contributed by atoms with E-state index in [1.807, 2.05) is 0 Å². The molecule has 0 fully saturated rings. The molecule has 0 aliphatic rings. The van der Waals surface area contributed by atoms with Crippen molar-refractivity contribution in [3.05, 3.63) is 35.9 Å². The van der Waals surface area contributed by atoms with Gasteiger partial charge in [0, 0.05) is 6.07 Å². The molecule has 11 heavy (non-hydrogen) atoms. The first-order valence-corrected chi connectivity index (χ1v) is 3.16. The fourth-order valence-corrected chi connectivity index (χ4v) is 0.915. The van der Waals surface area contributed by atoms with E-state index in [0.717, 1.165) is 15.6 Å². The predicted molar refractivity (Wildman–Crippen MR) is 38.5 cm³/mol. The molecule has 0 saturated carbocycles. The number of hydrogen-bond donors (Lipinski definition) is 0. The largest absolute Gasteiger partial charge is 0.619 e. The summed E-state index contributed by atoms with van der Waals surface area (Å²) in [7, 11) is 0. The Bertz CT molecular complexity index is 388. The Hall–Kier alpha value is -1.71. The van der Waals surface area contributed by atoms with E-state index in [1.165, 1.54) is 12.4 Å². The molecule has 0 radical (unpaired) electrons. The van der Waals surface area contributed by atoms with Gasteiger partial charge in [-0.2, -0.15) is 14.9 Å². The average molecular weight is 147 g/mol. The van der Waals surface area contributed by atoms with Crippen LogP contribution in [-0.2, 0) is 0 Å². The molecule has 4 nitrogen and oxygen atoms in total. The molecule has 4 heteroatoms. The normalized spacial score (nSPS) is 10.2. The number of fused-ring (bicyclic) bond motifs is 1. The Balaban J connectivity index is 2.83. The van der Waals surface area contributed by atoms with Crippen molar-refractivity contribution in [2.75, 3.05) is 0 Å². The SMILES string of the molecule is [O-][n+]1ccc2nnccc2c1. The molecular weight excluding hydrogens is 142 g/mol. The molecule has 0 spiro atoms. The van der Waals surface area contributed by atoms with Gasteiger partial charge in [-0.25, -0.2) is 0 Å². The molecule has 0 aliphatic carbocycles. The van der Waals surface area contributed by atoms with Gasteiger partial charge in [0.15, 0.2) is 12.4 Å². The van der Waals surface area contributed by atoms with Gasteiger partial charge in [-0.05, 0) is 6.07 Å². The van der Waals surface area contributed by atoms with Gasteiger partial charge < -0.3 is 5.21 Å². The number of nitrogens with zero attached hydrogens (tertiary/aromatic N) is 3. The third kappa shape index (κ3) is 0.980. The van der Waals surface area contributed by atoms with E-state index < -0.39 is 0 Å². The lowest BCUT2D eigenvalue weighted by Gasteiger charge is -1.95. The molecule has 2 rings (SSSR count). The van der Waals surface area contributed by atoms with Gasteiger partial charge in [0.05, 0.1) is 11.6 Å². The maximum absolute atomic E-state index is 10.8. The first-order chi connectivity index (χ1) is 5.36. The minimum absolute atomic E-state index is 0.736. The lowest BCUT2D eigenvalue weighted by Crippen LogP contribution is -2.23. The molecule has 0 unspecified atom stereocenters. The fraction of sp³-hybridized carbons (Fsp3) is 0. The van der Waals surface area contributed by atoms with E-state index in [-0.39, 0.29) is 0 Å². The first-order valence-electron chi connectivity index (χ1n) is 3.16. The number of hydrogen-bond acceptors (Lipinski definition) is 3. The van der Waals surface area contributed by atoms with E-state index >= 15 is 0 Å². The Morgan fingerprint density at radius 3 is 3.18 bits per heavy atom. The van der Waals surface area contributed by atoms with Crippen molar-refractivity contribution in [1.29, 1.82) is 0 Å². The van der Waals surface area contributed by atoms with Crippen LogP contribution < -0.4 is 4.73 Å². The molecular formula is C7H5N3O. The monoisotopic (exact) mass is 147 g/mol. The molecule has 0 saturated heterocycles. The van der Waals surface area contributed by atoms with E-state index in [4.69, 9.17) is 0 Å². The summed E-state index contributed by atoms with van der Waals surface area (Å²) in [6.45, 7) is 0. The summed E-state index contributed by atoms with van der Waals surface area (Å²) >= 11 is 0. The highest BCUT2D eigenvalue weighted by molar-refractivity contribution is 5.75. The van der Waals surface area contributed by atoms with Crippen molar-refractivity contribution < 1.29 is 4.73 Å². The quantitative estimate of drug-likeness (QED) is 0.397. The number of rotatable bonds is 0. The second-order valence-electron chi connectivity index (χ2n) is 2.18. The maximum atomic E-state index is 10.8. The predicted octanol–water partition coefficient (Wildman–Crippen LogP) is 0.263. The highest BCUT2D eigenvalue weighted by Gasteiger charge is 1.96. The maximum Gasteiger partial charge on any atom is 0.189 e. The molecule has 0 aliphatic heterocycles. The van der Waals surface area contributed by atoms with Crippen molar-refractivity contribution in [2.45, 2.75) is 0 Å². The molecule has 0 amide bonds. The zero-order chi connectivity index (χ0) is 7.68. The average Bonchev–Trinajstić information content (AvgIpc) is 2.04. The highest BCUT2D eigenvalue weighted by Crippen LogP contribution is 2.03. The van der Waals surface area contributed by atoms with E-state index in [9.17, 15) is 5.21 Å². The van der Waals surface area contributed by atoms with Gasteiger partial charge in [0.25, 0.3) is 0 Å². The topological polar surface area (TPSA) is 52.7 Å². The van der Waals surface area contributed by atoms with E-state index in [1.54, 1.807) is 18.3 Å².